The second kappa shape index (κ2) is 55.2. The molecule has 0 N–H and O–H groups in total. The molecule has 43 heavy (non-hydrogen) atoms. The summed E-state index contributed by atoms with van der Waals surface area (Å²) < 4.78 is 0. The standard InChI is InChI=1S/5C4H6O3.5O.3V/c5*1-3(5)2-4(6)7;;;;;;;;/h5*2H2,1H3,(H,6,7);;;;;;;;/q;;;;;5*-2;;;/p-5. The monoisotopic (exact) mass is 738 g/mol. The minimum atomic E-state index is -1.31. The van der Waals surface area contributed by atoms with Gasteiger partial charge in [-0.05, 0) is 34.6 Å². The Balaban J connectivity index is -0.0000000227. The van der Waals surface area contributed by atoms with Gasteiger partial charge in [0, 0.05) is 118 Å². The zero-order chi connectivity index (χ0) is 29.3. The van der Waals surface area contributed by atoms with Crippen molar-refractivity contribution in [3.8, 4) is 0 Å². The topological polar surface area (TPSA) is 428 Å². The number of hydrogen-bond acceptors (Lipinski definition) is 15. The van der Waals surface area contributed by atoms with Crippen molar-refractivity contribution in [2.75, 3.05) is 0 Å². The number of carbonyl (C=O) groups is 10. The van der Waals surface area contributed by atoms with E-state index in [2.05, 4.69) is 0 Å². The van der Waals surface area contributed by atoms with Crippen molar-refractivity contribution in [1.82, 2.24) is 0 Å². The summed E-state index contributed by atoms with van der Waals surface area (Å²) in [7, 11) is 0. The molecule has 0 bridgehead atoms. The van der Waals surface area contributed by atoms with Crippen molar-refractivity contribution < 1.29 is 157 Å². The maximum atomic E-state index is 9.83. The van der Waals surface area contributed by atoms with E-state index in [-0.39, 0.29) is 112 Å². The van der Waals surface area contributed by atoms with Crippen molar-refractivity contribution in [2.24, 2.45) is 0 Å². The van der Waals surface area contributed by atoms with E-state index in [1.165, 1.54) is 34.6 Å². The number of ketones is 5. The van der Waals surface area contributed by atoms with Crippen LogP contribution in [0.5, 0.6) is 0 Å². The molecule has 23 heteroatoms. The number of aliphatic carboxylic acids is 5. The molecule has 0 spiro atoms. The number of carboxylic acid groups (broad SMARTS) is 5. The summed E-state index contributed by atoms with van der Waals surface area (Å²) in [4.78, 5) is 96.6. The molecule has 0 fully saturated rings. The molecule has 3 radical (unpaired) electrons. The summed E-state index contributed by atoms with van der Waals surface area (Å²) >= 11 is 0. The summed E-state index contributed by atoms with van der Waals surface area (Å²) in [6.07, 6.45) is -2.36. The molecule has 0 aromatic heterocycles. The fraction of sp³-hybridized carbons (Fsp3) is 0.500. The molecule has 20 nitrogen and oxygen atoms in total. The average Bonchev–Trinajstić information content (AvgIpc) is 2.49. The molecule has 0 aromatic carbocycles. The first-order valence-corrected chi connectivity index (χ1v) is 9.10. The van der Waals surface area contributed by atoms with Crippen LogP contribution < -0.4 is 25.5 Å². The number of rotatable bonds is 10. The Bertz CT molecular complexity index is 588. The van der Waals surface area contributed by atoms with Crippen LogP contribution in [0, 0.1) is 0 Å². The molecule has 0 aliphatic heterocycles. The molecule has 0 aromatic rings. The Morgan fingerprint density at radius 2 is 0.372 bits per heavy atom. The molecule has 0 unspecified atom stereocenters. The van der Waals surface area contributed by atoms with Gasteiger partial charge >= 0.3 is 0 Å². The normalized spacial score (nSPS) is 6.63. The molecule has 0 atom stereocenters. The maximum absolute atomic E-state index is 9.83. The van der Waals surface area contributed by atoms with Crippen LogP contribution >= 0.6 is 0 Å². The first kappa shape index (κ1) is 83.5. The molecule has 0 amide bonds. The third kappa shape index (κ3) is 183. The van der Waals surface area contributed by atoms with Gasteiger partial charge < -0.3 is 76.9 Å². The maximum Gasteiger partial charge on any atom is 0.135 e. The van der Waals surface area contributed by atoms with E-state index < -0.39 is 62.0 Å². The van der Waals surface area contributed by atoms with Crippen LogP contribution in [0.2, 0.25) is 0 Å². The van der Waals surface area contributed by atoms with Crippen LogP contribution in [0.3, 0.4) is 0 Å². The van der Waals surface area contributed by atoms with Crippen molar-refractivity contribution in [2.45, 2.75) is 66.7 Å². The Labute approximate surface area is 281 Å². The van der Waals surface area contributed by atoms with E-state index in [0.29, 0.717) is 0 Å². The van der Waals surface area contributed by atoms with Crippen LogP contribution in [0.25, 0.3) is 0 Å². The molecular formula is C20H25O20V3-15. The fourth-order valence-corrected chi connectivity index (χ4v) is 1.02. The van der Waals surface area contributed by atoms with Crippen LogP contribution in [0.1, 0.15) is 66.7 Å². The molecule has 0 rings (SSSR count). The van der Waals surface area contributed by atoms with Gasteiger partial charge in [0.1, 0.15) is 28.9 Å². The second-order valence-corrected chi connectivity index (χ2v) is 6.25. The third-order valence-electron chi connectivity index (χ3n) is 1.97. The van der Waals surface area contributed by atoms with E-state index in [1.807, 2.05) is 0 Å². The van der Waals surface area contributed by atoms with Gasteiger partial charge in [-0.25, -0.2) is 0 Å². The van der Waals surface area contributed by atoms with Crippen molar-refractivity contribution in [1.29, 1.82) is 0 Å². The summed E-state index contributed by atoms with van der Waals surface area (Å²) in [6, 6.07) is 0. The largest absolute Gasteiger partial charge is 2.00 e. The van der Waals surface area contributed by atoms with Crippen LogP contribution in [-0.4, -0.2) is 58.8 Å². The molecule has 0 aliphatic carbocycles. The smallest absolute Gasteiger partial charge is 0.135 e. The van der Waals surface area contributed by atoms with Crippen molar-refractivity contribution in [3.63, 3.8) is 0 Å². The van der Waals surface area contributed by atoms with Crippen LogP contribution in [-0.2, 0) is 131 Å². The van der Waals surface area contributed by atoms with Gasteiger partial charge in [0.2, 0.25) is 0 Å². The Hall–Kier alpha value is -2.75. The second-order valence-electron chi connectivity index (χ2n) is 6.25. The summed E-state index contributed by atoms with van der Waals surface area (Å²) in [5.74, 6) is -8.44. The van der Waals surface area contributed by atoms with Gasteiger partial charge in [0.25, 0.3) is 0 Å². The summed E-state index contributed by atoms with van der Waals surface area (Å²) in [6.45, 7) is 6.02. The SMILES string of the molecule is CC(=O)CC(=O)[O-].CC(=O)CC(=O)[O-].CC(=O)CC(=O)[O-].CC(=O)CC(=O)[O-].CC(=O)CC(=O)[O-].[O-2].[O-2].[O-2].[O-2].[O-2].[V].[V].[V]. The average molecular weight is 738 g/mol. The molecule has 0 heterocycles. The van der Waals surface area contributed by atoms with Crippen molar-refractivity contribution >= 4 is 58.8 Å². The van der Waals surface area contributed by atoms with Gasteiger partial charge in [-0.2, -0.15) is 0 Å². The van der Waals surface area contributed by atoms with E-state index in [0.717, 1.165) is 0 Å². The molecular weight excluding hydrogens is 713 g/mol. The summed E-state index contributed by atoms with van der Waals surface area (Å²) in [5.41, 5.74) is 0. The first-order valence-electron chi connectivity index (χ1n) is 9.10. The Morgan fingerprint density at radius 1 is 0.302 bits per heavy atom. The van der Waals surface area contributed by atoms with Gasteiger partial charge in [-0.3, -0.25) is 24.0 Å². The molecule has 0 aliphatic rings. The predicted molar refractivity (Wildman–Crippen MR) is 105 cm³/mol. The van der Waals surface area contributed by atoms with Gasteiger partial charge in [-0.15, -0.1) is 0 Å². The molecule has 255 valence electrons. The minimum absolute atomic E-state index is 0. The minimum Gasteiger partial charge on any atom is -2.00 e. The zero-order valence-corrected chi connectivity index (χ0v) is 27.2. The number of carboxylic acids is 5. The van der Waals surface area contributed by atoms with Crippen LogP contribution in [0.15, 0.2) is 0 Å². The number of hydrogen-bond donors (Lipinski definition) is 0. The predicted octanol–water partition coefficient (Wildman–Crippen LogP) is -7.02. The Morgan fingerprint density at radius 3 is 0.372 bits per heavy atom. The molecule has 0 saturated heterocycles. The van der Waals surface area contributed by atoms with Gasteiger partial charge in [-0.1, -0.05) is 0 Å². The van der Waals surface area contributed by atoms with Crippen molar-refractivity contribution in [3.05, 3.63) is 0 Å². The molecule has 0 saturated carbocycles. The van der Waals surface area contributed by atoms with E-state index in [4.69, 9.17) is 0 Å². The Kier molecular flexibility index (Phi) is 107. The number of Topliss-reactive ketones (excluding diaryl/α,β-unsaturated/α-hetero) is 5. The van der Waals surface area contributed by atoms with Gasteiger partial charge in [0.15, 0.2) is 0 Å². The van der Waals surface area contributed by atoms with Gasteiger partial charge in [0.05, 0.1) is 0 Å². The van der Waals surface area contributed by atoms with E-state index >= 15 is 0 Å². The van der Waals surface area contributed by atoms with E-state index in [9.17, 15) is 73.5 Å². The first-order chi connectivity index (χ1) is 15.6. The van der Waals surface area contributed by atoms with E-state index in [1.54, 1.807) is 0 Å². The zero-order valence-electron chi connectivity index (χ0n) is 23.0. The van der Waals surface area contributed by atoms with Crippen LogP contribution in [0.4, 0.5) is 0 Å². The number of carbonyl (C=O) groups excluding carboxylic acids is 10. The quantitative estimate of drug-likeness (QED) is 0.188. The summed E-state index contributed by atoms with van der Waals surface area (Å²) in [5, 5.41) is 47.4. The fourth-order valence-electron chi connectivity index (χ4n) is 1.02. The third-order valence-corrected chi connectivity index (χ3v) is 1.97.